The van der Waals surface area contributed by atoms with Crippen LogP contribution in [-0.4, -0.2) is 37.2 Å². The second-order valence-corrected chi connectivity index (χ2v) is 6.76. The van der Waals surface area contributed by atoms with Crippen molar-refractivity contribution in [2.75, 3.05) is 27.2 Å². The maximum absolute atomic E-state index is 3.69. The molecule has 26 heavy (non-hydrogen) atoms. The van der Waals surface area contributed by atoms with Crippen molar-refractivity contribution in [2.45, 2.75) is 12.8 Å². The minimum absolute atomic E-state index is 0.959. The van der Waals surface area contributed by atoms with Gasteiger partial charge in [-0.05, 0) is 63.3 Å². The van der Waals surface area contributed by atoms with E-state index in [4.69, 9.17) is 0 Å². The molecule has 2 aromatic carbocycles. The average Bonchev–Trinajstić information content (AvgIpc) is 3.22. The highest BCUT2D eigenvalue weighted by Gasteiger charge is 2.19. The van der Waals surface area contributed by atoms with Crippen molar-refractivity contribution in [1.82, 2.24) is 20.6 Å². The molecule has 0 atom stereocenters. The van der Waals surface area contributed by atoms with Crippen LogP contribution in [0.2, 0.25) is 0 Å². The summed E-state index contributed by atoms with van der Waals surface area (Å²) < 4.78 is 0. The number of hydrogen-bond acceptors (Lipinski definition) is 2. The van der Waals surface area contributed by atoms with Gasteiger partial charge in [0, 0.05) is 21.8 Å². The van der Waals surface area contributed by atoms with Gasteiger partial charge >= 0.3 is 0 Å². The normalized spacial score (nSPS) is 11.6. The molecular weight excluding hydrogens is 320 g/mol. The lowest BCUT2D eigenvalue weighted by atomic mass is 10.0. The lowest BCUT2D eigenvalue weighted by Crippen LogP contribution is -2.12. The third-order valence-corrected chi connectivity index (χ3v) is 5.13. The molecule has 0 radical (unpaired) electrons. The van der Waals surface area contributed by atoms with Crippen LogP contribution in [0, 0.1) is 0 Å². The Kier molecular flexibility index (Phi) is 4.78. The van der Waals surface area contributed by atoms with Gasteiger partial charge in [0.2, 0.25) is 0 Å². The molecule has 4 heteroatoms. The molecule has 4 nitrogen and oxygen atoms in total. The highest BCUT2D eigenvalue weighted by atomic mass is 14.8. The zero-order chi connectivity index (χ0) is 17.9. The number of para-hydroxylation sites is 2. The molecule has 4 aromatic rings. The monoisotopic (exact) mass is 346 g/mol. The third-order valence-electron chi connectivity index (χ3n) is 5.13. The molecule has 2 heterocycles. The number of hydrogen-bond donors (Lipinski definition) is 4. The molecule has 0 bridgehead atoms. The highest BCUT2D eigenvalue weighted by Crippen LogP contribution is 2.35. The van der Waals surface area contributed by atoms with Crippen molar-refractivity contribution < 1.29 is 0 Å². The number of fused-ring (bicyclic) bond motifs is 2. The Morgan fingerprint density at radius 2 is 1.08 bits per heavy atom. The maximum atomic E-state index is 3.69. The van der Waals surface area contributed by atoms with Gasteiger partial charge < -0.3 is 20.6 Å². The van der Waals surface area contributed by atoms with E-state index >= 15 is 0 Å². The van der Waals surface area contributed by atoms with Crippen LogP contribution >= 0.6 is 0 Å². The molecule has 0 aliphatic rings. The van der Waals surface area contributed by atoms with Crippen molar-refractivity contribution in [3.63, 3.8) is 0 Å². The molecule has 0 saturated carbocycles. The van der Waals surface area contributed by atoms with Crippen molar-refractivity contribution in [3.05, 3.63) is 59.7 Å². The predicted octanol–water partition coefficient (Wildman–Crippen LogP) is 3.84. The van der Waals surface area contributed by atoms with E-state index in [-0.39, 0.29) is 0 Å². The molecule has 2 aromatic heterocycles. The van der Waals surface area contributed by atoms with Crippen LogP contribution in [0.4, 0.5) is 0 Å². The summed E-state index contributed by atoms with van der Waals surface area (Å²) in [4.78, 5) is 7.38. The van der Waals surface area contributed by atoms with Gasteiger partial charge in [-0.2, -0.15) is 0 Å². The van der Waals surface area contributed by atoms with Gasteiger partial charge in [0.1, 0.15) is 0 Å². The quantitative estimate of drug-likeness (QED) is 0.411. The molecule has 134 valence electrons. The van der Waals surface area contributed by atoms with Crippen molar-refractivity contribution in [1.29, 1.82) is 0 Å². The summed E-state index contributed by atoms with van der Waals surface area (Å²) in [6, 6.07) is 17.2. The average molecular weight is 346 g/mol. The van der Waals surface area contributed by atoms with E-state index in [2.05, 4.69) is 69.1 Å². The fourth-order valence-corrected chi connectivity index (χ4v) is 3.85. The molecule has 0 aliphatic carbocycles. The maximum Gasteiger partial charge on any atom is 0.0666 e. The first kappa shape index (κ1) is 16.9. The molecule has 0 fully saturated rings. The summed E-state index contributed by atoms with van der Waals surface area (Å²) >= 11 is 0. The van der Waals surface area contributed by atoms with Gasteiger partial charge in [0.05, 0.1) is 11.4 Å². The lowest BCUT2D eigenvalue weighted by molar-refractivity contribution is 0.791. The summed E-state index contributed by atoms with van der Waals surface area (Å²) in [6.45, 7) is 1.92. The summed E-state index contributed by atoms with van der Waals surface area (Å²) in [5.41, 5.74) is 7.62. The standard InChI is InChI=1S/C22H26N4/c1-23-13-11-17-15-7-3-5-9-19(15)25-21(17)22-18(12-14-24-2)16-8-4-6-10-20(16)26-22/h3-10,23-26H,11-14H2,1-2H3. The summed E-state index contributed by atoms with van der Waals surface area (Å²) in [7, 11) is 4.02. The van der Waals surface area contributed by atoms with Gasteiger partial charge in [0.25, 0.3) is 0 Å². The molecule has 0 saturated heterocycles. The Hall–Kier alpha value is -2.56. The first-order chi connectivity index (χ1) is 12.8. The van der Waals surface area contributed by atoms with Crippen molar-refractivity contribution >= 4 is 21.8 Å². The Morgan fingerprint density at radius 3 is 1.50 bits per heavy atom. The van der Waals surface area contributed by atoms with Crippen molar-refractivity contribution in [3.8, 4) is 11.4 Å². The van der Waals surface area contributed by atoms with E-state index in [1.54, 1.807) is 0 Å². The second-order valence-electron chi connectivity index (χ2n) is 6.76. The van der Waals surface area contributed by atoms with E-state index in [0.29, 0.717) is 0 Å². The lowest BCUT2D eigenvalue weighted by Gasteiger charge is -2.07. The molecule has 0 amide bonds. The zero-order valence-electron chi connectivity index (χ0n) is 15.4. The van der Waals surface area contributed by atoms with Gasteiger partial charge in [-0.25, -0.2) is 0 Å². The van der Waals surface area contributed by atoms with E-state index in [1.165, 1.54) is 44.3 Å². The molecule has 0 spiro atoms. The van der Waals surface area contributed by atoms with Crippen LogP contribution < -0.4 is 10.6 Å². The Morgan fingerprint density at radius 1 is 0.654 bits per heavy atom. The molecule has 0 aliphatic heterocycles. The number of benzene rings is 2. The molecule has 4 N–H and O–H groups in total. The smallest absolute Gasteiger partial charge is 0.0666 e. The van der Waals surface area contributed by atoms with Crippen LogP contribution in [-0.2, 0) is 12.8 Å². The Labute approximate surface area is 154 Å². The Balaban J connectivity index is 1.94. The molecular formula is C22H26N4. The van der Waals surface area contributed by atoms with Gasteiger partial charge in [-0.1, -0.05) is 36.4 Å². The second kappa shape index (κ2) is 7.36. The SMILES string of the molecule is CNCCc1c(-c2[nH]c3ccccc3c2CCNC)[nH]c2ccccc12. The summed E-state index contributed by atoms with van der Waals surface area (Å²) in [5.74, 6) is 0. The number of aromatic amines is 2. The highest BCUT2D eigenvalue weighted by molar-refractivity contribution is 5.95. The number of H-pyrrole nitrogens is 2. The van der Waals surface area contributed by atoms with E-state index in [1.807, 2.05) is 14.1 Å². The third kappa shape index (κ3) is 2.91. The van der Waals surface area contributed by atoms with Gasteiger partial charge in [-0.15, -0.1) is 0 Å². The van der Waals surface area contributed by atoms with E-state index in [9.17, 15) is 0 Å². The first-order valence-electron chi connectivity index (χ1n) is 9.32. The van der Waals surface area contributed by atoms with E-state index < -0.39 is 0 Å². The number of aromatic nitrogens is 2. The Bertz CT molecular complexity index is 941. The van der Waals surface area contributed by atoms with Crippen molar-refractivity contribution in [2.24, 2.45) is 0 Å². The van der Waals surface area contributed by atoms with Gasteiger partial charge in [-0.3, -0.25) is 0 Å². The largest absolute Gasteiger partial charge is 0.353 e. The fourth-order valence-electron chi connectivity index (χ4n) is 3.85. The summed E-state index contributed by atoms with van der Waals surface area (Å²) in [6.07, 6.45) is 1.99. The van der Waals surface area contributed by atoms with E-state index in [0.717, 1.165) is 25.9 Å². The minimum atomic E-state index is 0.959. The number of likely N-dealkylation sites (N-methyl/N-ethyl adjacent to an activating group) is 2. The van der Waals surface area contributed by atoms with Crippen LogP contribution in [0.25, 0.3) is 33.2 Å². The van der Waals surface area contributed by atoms with Crippen LogP contribution in [0.5, 0.6) is 0 Å². The molecule has 4 rings (SSSR count). The number of rotatable bonds is 7. The van der Waals surface area contributed by atoms with Crippen LogP contribution in [0.1, 0.15) is 11.1 Å². The van der Waals surface area contributed by atoms with Crippen LogP contribution in [0.3, 0.4) is 0 Å². The predicted molar refractivity (Wildman–Crippen MR) is 111 cm³/mol. The minimum Gasteiger partial charge on any atom is -0.353 e. The van der Waals surface area contributed by atoms with Crippen LogP contribution in [0.15, 0.2) is 48.5 Å². The fraction of sp³-hybridized carbons (Fsp3) is 0.273. The number of nitrogens with one attached hydrogen (secondary N) is 4. The first-order valence-corrected chi connectivity index (χ1v) is 9.32. The van der Waals surface area contributed by atoms with Gasteiger partial charge in [0.15, 0.2) is 0 Å². The zero-order valence-corrected chi connectivity index (χ0v) is 15.4. The topological polar surface area (TPSA) is 55.6 Å². The summed E-state index contributed by atoms with van der Waals surface area (Å²) in [5, 5.41) is 9.21. The molecule has 0 unspecified atom stereocenters.